The van der Waals surface area contributed by atoms with Crippen molar-refractivity contribution < 1.29 is 9.47 Å². The molecule has 1 aromatic rings. The highest BCUT2D eigenvalue weighted by molar-refractivity contribution is 5.54. The van der Waals surface area contributed by atoms with Gasteiger partial charge >= 0.3 is 0 Å². The fourth-order valence-corrected chi connectivity index (χ4v) is 2.24. The van der Waals surface area contributed by atoms with E-state index in [0.29, 0.717) is 18.3 Å². The van der Waals surface area contributed by atoms with Crippen LogP contribution in [0.25, 0.3) is 6.08 Å². The van der Waals surface area contributed by atoms with E-state index in [1.807, 2.05) is 42.5 Å². The Morgan fingerprint density at radius 3 is 2.83 bits per heavy atom. The largest absolute Gasteiger partial charge is 0.497 e. The van der Waals surface area contributed by atoms with E-state index < -0.39 is 0 Å². The van der Waals surface area contributed by atoms with E-state index in [0.717, 1.165) is 17.7 Å². The normalized spacial score (nSPS) is 12.9. The maximum atomic E-state index is 8.92. The zero-order chi connectivity index (χ0) is 16.9. The molecular weight excluding hydrogens is 286 g/mol. The molecule has 1 aromatic carbocycles. The minimum absolute atomic E-state index is 0.544. The van der Waals surface area contributed by atoms with Crippen molar-refractivity contribution in [3.05, 3.63) is 47.7 Å². The third-order valence-corrected chi connectivity index (χ3v) is 3.77. The summed E-state index contributed by atoms with van der Waals surface area (Å²) in [5.74, 6) is 1.96. The lowest BCUT2D eigenvalue weighted by Gasteiger charge is -2.15. The first-order valence-electron chi connectivity index (χ1n) is 8.28. The van der Waals surface area contributed by atoms with Crippen LogP contribution in [0.1, 0.15) is 45.1 Å². The Morgan fingerprint density at radius 1 is 1.35 bits per heavy atom. The molecule has 0 aliphatic carbocycles. The molecule has 0 amide bonds. The van der Waals surface area contributed by atoms with Crippen molar-refractivity contribution in [2.24, 2.45) is 5.92 Å². The monoisotopic (exact) mass is 313 g/mol. The van der Waals surface area contributed by atoms with Crippen LogP contribution in [-0.2, 0) is 4.74 Å². The number of unbranched alkanes of at least 4 members (excludes halogenated alkanes) is 1. The minimum Gasteiger partial charge on any atom is -0.497 e. The van der Waals surface area contributed by atoms with Crippen molar-refractivity contribution in [3.8, 4) is 11.8 Å². The summed E-state index contributed by atoms with van der Waals surface area (Å²) in [6.45, 7) is 5.04. The van der Waals surface area contributed by atoms with Crippen LogP contribution < -0.4 is 4.74 Å². The highest BCUT2D eigenvalue weighted by atomic mass is 16.5. The molecule has 23 heavy (non-hydrogen) atoms. The van der Waals surface area contributed by atoms with Gasteiger partial charge in [0, 0.05) is 0 Å². The standard InChI is InChI=1S/C20H27NO2/c1-4-6-8-17(5-2)16-23-19(13-14-21)12-11-18-9-7-10-20(15-18)22-3/h7,9-13,15,17H,4-6,8,16H2,1-3H3. The van der Waals surface area contributed by atoms with Gasteiger partial charge in [-0.15, -0.1) is 0 Å². The number of allylic oxidation sites excluding steroid dienone is 2. The first kappa shape index (κ1) is 18.8. The smallest absolute Gasteiger partial charge is 0.129 e. The van der Waals surface area contributed by atoms with Crippen LogP contribution in [-0.4, -0.2) is 13.7 Å². The predicted octanol–water partition coefficient (Wildman–Crippen LogP) is 5.35. The molecule has 0 saturated heterocycles. The molecule has 0 aliphatic heterocycles. The molecule has 0 N–H and O–H groups in total. The number of hydrogen-bond acceptors (Lipinski definition) is 3. The second-order valence-electron chi connectivity index (χ2n) is 5.51. The molecule has 0 fully saturated rings. The van der Waals surface area contributed by atoms with E-state index in [1.54, 1.807) is 7.11 Å². The van der Waals surface area contributed by atoms with Gasteiger partial charge in [-0.2, -0.15) is 5.26 Å². The summed E-state index contributed by atoms with van der Waals surface area (Å²) < 4.78 is 11.0. The summed E-state index contributed by atoms with van der Waals surface area (Å²) in [4.78, 5) is 0. The summed E-state index contributed by atoms with van der Waals surface area (Å²) in [6, 6.07) is 9.81. The van der Waals surface area contributed by atoms with Gasteiger partial charge in [-0.05, 0) is 36.1 Å². The van der Waals surface area contributed by atoms with Crippen molar-refractivity contribution in [1.29, 1.82) is 5.26 Å². The SMILES string of the molecule is CCCCC(CC)COC(C=Cc1cccc(OC)c1)=CC#N. The highest BCUT2D eigenvalue weighted by Crippen LogP contribution is 2.17. The average molecular weight is 313 g/mol. The fourth-order valence-electron chi connectivity index (χ4n) is 2.24. The van der Waals surface area contributed by atoms with Crippen LogP contribution in [0.2, 0.25) is 0 Å². The Labute approximate surface area is 140 Å². The van der Waals surface area contributed by atoms with Crippen LogP contribution in [0.4, 0.5) is 0 Å². The van der Waals surface area contributed by atoms with Gasteiger partial charge in [0.1, 0.15) is 11.5 Å². The van der Waals surface area contributed by atoms with E-state index in [1.165, 1.54) is 25.3 Å². The van der Waals surface area contributed by atoms with Gasteiger partial charge in [-0.1, -0.05) is 51.3 Å². The average Bonchev–Trinajstić information content (AvgIpc) is 2.59. The van der Waals surface area contributed by atoms with Crippen LogP contribution >= 0.6 is 0 Å². The molecule has 0 aliphatic rings. The van der Waals surface area contributed by atoms with E-state index in [4.69, 9.17) is 14.7 Å². The zero-order valence-corrected chi connectivity index (χ0v) is 14.4. The molecule has 3 nitrogen and oxygen atoms in total. The van der Waals surface area contributed by atoms with Gasteiger partial charge in [0.25, 0.3) is 0 Å². The minimum atomic E-state index is 0.544. The number of benzene rings is 1. The fraction of sp³-hybridized carbons (Fsp3) is 0.450. The number of hydrogen-bond donors (Lipinski definition) is 0. The van der Waals surface area contributed by atoms with Gasteiger partial charge < -0.3 is 9.47 Å². The quantitative estimate of drug-likeness (QED) is 0.332. The Morgan fingerprint density at radius 2 is 2.17 bits per heavy atom. The van der Waals surface area contributed by atoms with Crippen molar-refractivity contribution in [3.63, 3.8) is 0 Å². The van der Waals surface area contributed by atoms with Crippen molar-refractivity contribution in [2.45, 2.75) is 39.5 Å². The van der Waals surface area contributed by atoms with Gasteiger partial charge in [-0.25, -0.2) is 0 Å². The topological polar surface area (TPSA) is 42.2 Å². The number of nitrogens with zero attached hydrogens (tertiary/aromatic N) is 1. The molecule has 3 heteroatoms. The summed E-state index contributed by atoms with van der Waals surface area (Å²) >= 11 is 0. The Bertz CT molecular complexity index is 555. The second-order valence-corrected chi connectivity index (χ2v) is 5.51. The van der Waals surface area contributed by atoms with Gasteiger partial charge in [0.2, 0.25) is 0 Å². The first-order valence-corrected chi connectivity index (χ1v) is 8.28. The number of ether oxygens (including phenoxy) is 2. The maximum absolute atomic E-state index is 8.92. The highest BCUT2D eigenvalue weighted by Gasteiger charge is 2.07. The van der Waals surface area contributed by atoms with E-state index in [2.05, 4.69) is 13.8 Å². The third kappa shape index (κ3) is 7.56. The summed E-state index contributed by atoms with van der Waals surface area (Å²) in [5.41, 5.74) is 1.01. The van der Waals surface area contributed by atoms with Crippen LogP contribution in [0.3, 0.4) is 0 Å². The molecule has 0 aromatic heterocycles. The van der Waals surface area contributed by atoms with Crippen LogP contribution in [0.15, 0.2) is 42.2 Å². The van der Waals surface area contributed by atoms with E-state index >= 15 is 0 Å². The molecule has 0 heterocycles. The molecular formula is C20H27NO2. The molecule has 0 bridgehead atoms. The molecule has 0 radical (unpaired) electrons. The van der Waals surface area contributed by atoms with Crippen LogP contribution in [0.5, 0.6) is 5.75 Å². The van der Waals surface area contributed by atoms with Crippen LogP contribution in [0, 0.1) is 17.2 Å². The number of methoxy groups -OCH3 is 1. The Kier molecular flexibility index (Phi) is 9.31. The second kappa shape index (κ2) is 11.4. The summed E-state index contributed by atoms with van der Waals surface area (Å²) in [5, 5.41) is 8.92. The third-order valence-electron chi connectivity index (χ3n) is 3.77. The molecule has 1 atom stereocenters. The maximum Gasteiger partial charge on any atom is 0.129 e. The molecule has 0 spiro atoms. The zero-order valence-electron chi connectivity index (χ0n) is 14.4. The summed E-state index contributed by atoms with van der Waals surface area (Å²) in [7, 11) is 1.65. The number of rotatable bonds is 10. The van der Waals surface area contributed by atoms with Crippen molar-refractivity contribution >= 4 is 6.08 Å². The predicted molar refractivity (Wildman–Crippen MR) is 95.0 cm³/mol. The van der Waals surface area contributed by atoms with Gasteiger partial charge in [0.15, 0.2) is 0 Å². The van der Waals surface area contributed by atoms with E-state index in [9.17, 15) is 0 Å². The van der Waals surface area contributed by atoms with Crippen molar-refractivity contribution in [1.82, 2.24) is 0 Å². The Balaban J connectivity index is 2.66. The lowest BCUT2D eigenvalue weighted by atomic mass is 10.0. The first-order chi connectivity index (χ1) is 11.2. The molecule has 1 unspecified atom stereocenters. The summed E-state index contributed by atoms with van der Waals surface area (Å²) in [6.07, 6.45) is 9.91. The molecule has 1 rings (SSSR count). The van der Waals surface area contributed by atoms with E-state index in [-0.39, 0.29) is 0 Å². The van der Waals surface area contributed by atoms with Gasteiger partial charge in [0.05, 0.1) is 25.9 Å². The van der Waals surface area contributed by atoms with Crippen molar-refractivity contribution in [2.75, 3.05) is 13.7 Å². The molecule has 124 valence electrons. The Hall–Kier alpha value is -2.21. The lowest BCUT2D eigenvalue weighted by Crippen LogP contribution is -2.08. The number of nitriles is 1. The lowest BCUT2D eigenvalue weighted by molar-refractivity contribution is 0.165. The van der Waals surface area contributed by atoms with Gasteiger partial charge in [-0.3, -0.25) is 0 Å². The molecule has 0 saturated carbocycles.